The maximum absolute atomic E-state index is 12.6. The van der Waals surface area contributed by atoms with Gasteiger partial charge >= 0.3 is 0 Å². The highest BCUT2D eigenvalue weighted by atomic mass is 127. The molecule has 1 unspecified atom stereocenters. The summed E-state index contributed by atoms with van der Waals surface area (Å²) in [6.45, 7) is 7.24. The molecule has 2 aliphatic heterocycles. The summed E-state index contributed by atoms with van der Waals surface area (Å²) < 4.78 is 5.55. The lowest BCUT2D eigenvalue weighted by molar-refractivity contribution is -0.132. The Morgan fingerprint density at radius 3 is 2.81 bits per heavy atom. The lowest BCUT2D eigenvalue weighted by Gasteiger charge is -2.29. The highest BCUT2D eigenvalue weighted by Gasteiger charge is 2.34. The van der Waals surface area contributed by atoms with E-state index < -0.39 is 0 Å². The van der Waals surface area contributed by atoms with E-state index in [-0.39, 0.29) is 41.9 Å². The maximum Gasteiger partial charge on any atom is 0.222 e. The van der Waals surface area contributed by atoms with Crippen molar-refractivity contribution in [2.45, 2.75) is 45.6 Å². The standard InChI is InChI=1S/C23H36N4O3.HI/c1-2-24-22(26-17-23(10-14-28)11-15-30-18-23)25-12-5-8-21(29)27-13-9-19-6-3-4-7-20(19)16-27;/h3-4,6-7,28H,2,5,8-18H2,1H3,(H2,24,25,26);1H. The molecule has 0 aliphatic carbocycles. The monoisotopic (exact) mass is 544 g/mol. The van der Waals surface area contributed by atoms with Gasteiger partial charge in [-0.3, -0.25) is 9.79 Å². The molecule has 3 rings (SSSR count). The van der Waals surface area contributed by atoms with Gasteiger partial charge in [0.25, 0.3) is 0 Å². The van der Waals surface area contributed by atoms with Crippen molar-refractivity contribution in [3.8, 4) is 0 Å². The fourth-order valence-corrected chi connectivity index (χ4v) is 4.19. The van der Waals surface area contributed by atoms with Crippen molar-refractivity contribution < 1.29 is 14.6 Å². The van der Waals surface area contributed by atoms with Crippen LogP contribution in [0.5, 0.6) is 0 Å². The van der Waals surface area contributed by atoms with E-state index in [9.17, 15) is 9.90 Å². The number of rotatable bonds is 9. The number of aliphatic imine (C=N–C) groups is 1. The zero-order valence-corrected chi connectivity index (χ0v) is 20.9. The third-order valence-electron chi connectivity index (χ3n) is 6.09. The number of fused-ring (bicyclic) bond motifs is 1. The molecule has 2 aliphatic rings. The summed E-state index contributed by atoms with van der Waals surface area (Å²) in [5.74, 6) is 0.985. The van der Waals surface area contributed by atoms with Crippen LogP contribution in [0, 0.1) is 5.41 Å². The van der Waals surface area contributed by atoms with E-state index in [1.807, 2.05) is 17.9 Å². The van der Waals surface area contributed by atoms with Crippen LogP contribution in [-0.4, -0.2) is 67.9 Å². The molecule has 1 fully saturated rings. The number of ether oxygens (including phenoxy) is 1. The van der Waals surface area contributed by atoms with E-state index in [4.69, 9.17) is 9.73 Å². The van der Waals surface area contributed by atoms with Crippen molar-refractivity contribution in [1.82, 2.24) is 15.5 Å². The quantitative estimate of drug-likeness (QED) is 0.192. The first-order valence-electron chi connectivity index (χ1n) is 11.2. The molecule has 2 heterocycles. The molecule has 31 heavy (non-hydrogen) atoms. The molecule has 7 nitrogen and oxygen atoms in total. The molecule has 0 radical (unpaired) electrons. The molecule has 0 aromatic heterocycles. The second kappa shape index (κ2) is 13.2. The molecule has 0 spiro atoms. The van der Waals surface area contributed by atoms with E-state index in [1.54, 1.807) is 0 Å². The SMILES string of the molecule is CCNC(=NCC1(CCO)CCOC1)NCCCC(=O)N1CCc2ccccc2C1.I. The Bertz CT molecular complexity index is 723. The minimum Gasteiger partial charge on any atom is -0.396 e. The van der Waals surface area contributed by atoms with Crippen LogP contribution in [0.15, 0.2) is 29.3 Å². The Morgan fingerprint density at radius 2 is 2.10 bits per heavy atom. The molecule has 1 aromatic rings. The number of carbonyl (C=O) groups is 1. The molecule has 1 atom stereocenters. The fraction of sp³-hybridized carbons (Fsp3) is 0.652. The van der Waals surface area contributed by atoms with Crippen molar-refractivity contribution in [3.63, 3.8) is 0 Å². The normalized spacial score (nSPS) is 20.7. The van der Waals surface area contributed by atoms with Crippen molar-refractivity contribution in [3.05, 3.63) is 35.4 Å². The van der Waals surface area contributed by atoms with Crippen LogP contribution in [-0.2, 0) is 22.5 Å². The number of nitrogens with zero attached hydrogens (tertiary/aromatic N) is 2. The van der Waals surface area contributed by atoms with Crippen molar-refractivity contribution in [2.75, 3.05) is 46.0 Å². The number of benzene rings is 1. The third kappa shape index (κ3) is 7.61. The molecular weight excluding hydrogens is 507 g/mol. The Kier molecular flexibility index (Phi) is 11.0. The van der Waals surface area contributed by atoms with Gasteiger partial charge in [-0.2, -0.15) is 0 Å². The first kappa shape index (κ1) is 25.9. The second-order valence-electron chi connectivity index (χ2n) is 8.34. The van der Waals surface area contributed by atoms with Crippen LogP contribution in [0.3, 0.4) is 0 Å². The second-order valence-corrected chi connectivity index (χ2v) is 8.34. The van der Waals surface area contributed by atoms with Gasteiger partial charge in [0.15, 0.2) is 5.96 Å². The van der Waals surface area contributed by atoms with Crippen LogP contribution in [0.4, 0.5) is 0 Å². The van der Waals surface area contributed by atoms with E-state index in [0.717, 1.165) is 51.5 Å². The first-order chi connectivity index (χ1) is 14.7. The fourth-order valence-electron chi connectivity index (χ4n) is 4.19. The number of hydrogen-bond acceptors (Lipinski definition) is 4. The molecule has 8 heteroatoms. The van der Waals surface area contributed by atoms with Gasteiger partial charge in [-0.1, -0.05) is 24.3 Å². The maximum atomic E-state index is 12.6. The van der Waals surface area contributed by atoms with Crippen LogP contribution >= 0.6 is 24.0 Å². The highest BCUT2D eigenvalue weighted by molar-refractivity contribution is 14.0. The summed E-state index contributed by atoms with van der Waals surface area (Å²) in [6.07, 6.45) is 3.90. The summed E-state index contributed by atoms with van der Waals surface area (Å²) in [4.78, 5) is 19.3. The van der Waals surface area contributed by atoms with E-state index in [1.165, 1.54) is 11.1 Å². The van der Waals surface area contributed by atoms with E-state index in [0.29, 0.717) is 32.5 Å². The third-order valence-corrected chi connectivity index (χ3v) is 6.09. The minimum absolute atomic E-state index is 0. The average molecular weight is 544 g/mol. The summed E-state index contributed by atoms with van der Waals surface area (Å²) in [5, 5.41) is 16.0. The number of amides is 1. The predicted molar refractivity (Wildman–Crippen MR) is 134 cm³/mol. The van der Waals surface area contributed by atoms with Crippen LogP contribution in [0.2, 0.25) is 0 Å². The van der Waals surface area contributed by atoms with E-state index in [2.05, 4.69) is 28.8 Å². The predicted octanol–water partition coefficient (Wildman–Crippen LogP) is 2.31. The smallest absolute Gasteiger partial charge is 0.222 e. The lowest BCUT2D eigenvalue weighted by atomic mass is 9.84. The Labute approximate surface area is 203 Å². The van der Waals surface area contributed by atoms with Gasteiger partial charge in [0, 0.05) is 51.2 Å². The zero-order valence-electron chi connectivity index (χ0n) is 18.6. The number of halogens is 1. The van der Waals surface area contributed by atoms with Gasteiger partial charge in [0.1, 0.15) is 0 Å². The first-order valence-corrected chi connectivity index (χ1v) is 11.2. The van der Waals surface area contributed by atoms with E-state index >= 15 is 0 Å². The number of hydrogen-bond donors (Lipinski definition) is 3. The molecular formula is C23H37IN4O3. The van der Waals surface area contributed by atoms with Crippen molar-refractivity contribution in [1.29, 1.82) is 0 Å². The van der Waals surface area contributed by atoms with Gasteiger partial charge in [-0.15, -0.1) is 24.0 Å². The minimum atomic E-state index is -0.0579. The van der Waals surface area contributed by atoms with Crippen LogP contribution in [0.1, 0.15) is 43.7 Å². The molecule has 1 saturated heterocycles. The molecule has 0 bridgehead atoms. The number of nitrogens with one attached hydrogen (secondary N) is 2. The number of carbonyl (C=O) groups excluding carboxylic acids is 1. The van der Waals surface area contributed by atoms with Crippen LogP contribution < -0.4 is 10.6 Å². The number of aliphatic hydroxyl groups excluding tert-OH is 1. The summed E-state index contributed by atoms with van der Waals surface area (Å²) >= 11 is 0. The number of guanidine groups is 1. The Hall–Kier alpha value is -1.39. The van der Waals surface area contributed by atoms with Crippen LogP contribution in [0.25, 0.3) is 0 Å². The number of aliphatic hydroxyl groups is 1. The van der Waals surface area contributed by atoms with Crippen molar-refractivity contribution >= 4 is 35.8 Å². The molecule has 3 N–H and O–H groups in total. The van der Waals surface area contributed by atoms with Crippen molar-refractivity contribution in [2.24, 2.45) is 10.4 Å². The topological polar surface area (TPSA) is 86.2 Å². The van der Waals surface area contributed by atoms with Gasteiger partial charge in [-0.05, 0) is 43.7 Å². The van der Waals surface area contributed by atoms with Gasteiger partial charge in [0.05, 0.1) is 13.2 Å². The molecule has 174 valence electrons. The average Bonchev–Trinajstić information content (AvgIpc) is 3.23. The Morgan fingerprint density at radius 1 is 1.29 bits per heavy atom. The zero-order chi connectivity index (χ0) is 21.2. The molecule has 0 saturated carbocycles. The summed E-state index contributed by atoms with van der Waals surface area (Å²) in [6, 6.07) is 8.39. The van der Waals surface area contributed by atoms with Gasteiger partial charge < -0.3 is 25.4 Å². The van der Waals surface area contributed by atoms with Gasteiger partial charge in [0.2, 0.25) is 5.91 Å². The van der Waals surface area contributed by atoms with Gasteiger partial charge in [-0.25, -0.2) is 0 Å². The lowest BCUT2D eigenvalue weighted by Crippen LogP contribution is -2.40. The molecule has 1 aromatic carbocycles. The summed E-state index contributed by atoms with van der Waals surface area (Å²) in [7, 11) is 0. The Balaban J connectivity index is 0.00000341. The summed E-state index contributed by atoms with van der Waals surface area (Å²) in [5.41, 5.74) is 2.57. The largest absolute Gasteiger partial charge is 0.396 e. The molecule has 1 amide bonds. The highest BCUT2D eigenvalue weighted by Crippen LogP contribution is 2.32.